The second-order valence-electron chi connectivity index (χ2n) is 7.27. The summed E-state index contributed by atoms with van der Waals surface area (Å²) in [5.74, 6) is 3.02. The Morgan fingerprint density at radius 3 is 1.55 bits per heavy atom. The molecule has 0 radical (unpaired) electrons. The minimum absolute atomic E-state index is 0.736. The maximum absolute atomic E-state index is 5.95. The van der Waals surface area contributed by atoms with Gasteiger partial charge in [-0.1, -0.05) is 60.7 Å². The van der Waals surface area contributed by atoms with Gasteiger partial charge in [-0.2, -0.15) is 0 Å². The summed E-state index contributed by atoms with van der Waals surface area (Å²) in [6.07, 6.45) is 0. The van der Waals surface area contributed by atoms with E-state index in [-0.39, 0.29) is 0 Å². The van der Waals surface area contributed by atoms with Crippen molar-refractivity contribution in [2.24, 2.45) is 0 Å². The zero-order valence-electron chi connectivity index (χ0n) is 19.2. The van der Waals surface area contributed by atoms with Crippen molar-refractivity contribution in [2.45, 2.75) is 0 Å². The minimum atomic E-state index is -0.972. The summed E-state index contributed by atoms with van der Waals surface area (Å²) < 4.78 is 23.2. The molecule has 0 N–H and O–H groups in total. The third-order valence-corrected chi connectivity index (χ3v) is 7.99. The summed E-state index contributed by atoms with van der Waals surface area (Å²) in [7, 11) is 5.77. The number of methoxy groups -OCH3 is 4. The first kappa shape index (κ1) is 22.7. The van der Waals surface area contributed by atoms with Crippen molar-refractivity contribution < 1.29 is 18.9 Å². The fourth-order valence-corrected chi connectivity index (χ4v) is 6.54. The van der Waals surface area contributed by atoms with E-state index >= 15 is 0 Å². The lowest BCUT2D eigenvalue weighted by Gasteiger charge is -2.26. The van der Waals surface area contributed by atoms with Gasteiger partial charge in [-0.3, -0.25) is 0 Å². The lowest BCUT2D eigenvalue weighted by molar-refractivity contribution is 0.400. The zero-order valence-corrected chi connectivity index (χ0v) is 20.1. The average molecular weight is 458 g/mol. The van der Waals surface area contributed by atoms with Crippen molar-refractivity contribution in [2.75, 3.05) is 28.4 Å². The molecule has 0 bridgehead atoms. The van der Waals surface area contributed by atoms with Crippen LogP contribution >= 0.6 is 7.92 Å². The molecular formula is C28H27O4P. The van der Waals surface area contributed by atoms with Crippen LogP contribution in [-0.2, 0) is 0 Å². The van der Waals surface area contributed by atoms with Gasteiger partial charge in [-0.25, -0.2) is 0 Å². The van der Waals surface area contributed by atoms with Gasteiger partial charge in [-0.05, 0) is 48.9 Å². The van der Waals surface area contributed by atoms with Gasteiger partial charge in [0.1, 0.15) is 23.0 Å². The van der Waals surface area contributed by atoms with E-state index in [1.807, 2.05) is 42.5 Å². The monoisotopic (exact) mass is 458 g/mol. The molecule has 0 aliphatic heterocycles. The SMILES string of the molecule is COc1ccc(OC)c(-c2c(OC)ccc(OC)c2P(c2ccccc2)c2ccccc2)c1. The zero-order chi connectivity index (χ0) is 23.2. The van der Waals surface area contributed by atoms with Crippen molar-refractivity contribution in [3.8, 4) is 34.1 Å². The highest BCUT2D eigenvalue weighted by Gasteiger charge is 2.28. The van der Waals surface area contributed by atoms with Crippen LogP contribution in [0.2, 0.25) is 0 Å². The van der Waals surface area contributed by atoms with E-state index in [4.69, 9.17) is 18.9 Å². The normalized spacial score (nSPS) is 10.7. The topological polar surface area (TPSA) is 36.9 Å². The summed E-state index contributed by atoms with van der Waals surface area (Å²) in [5, 5.41) is 3.50. The molecule has 5 heteroatoms. The summed E-state index contributed by atoms with van der Waals surface area (Å²) in [4.78, 5) is 0. The van der Waals surface area contributed by atoms with Gasteiger partial charge in [0.15, 0.2) is 0 Å². The number of hydrogen-bond acceptors (Lipinski definition) is 4. The molecule has 4 nitrogen and oxygen atoms in total. The van der Waals surface area contributed by atoms with E-state index in [1.165, 1.54) is 10.6 Å². The maximum Gasteiger partial charge on any atom is 0.128 e. The summed E-state index contributed by atoms with van der Waals surface area (Å²) in [6.45, 7) is 0. The molecule has 168 valence electrons. The van der Waals surface area contributed by atoms with Gasteiger partial charge in [-0.15, -0.1) is 0 Å². The molecule has 0 fully saturated rings. The molecule has 0 saturated heterocycles. The van der Waals surface area contributed by atoms with Crippen LogP contribution in [0.1, 0.15) is 0 Å². The third kappa shape index (κ3) is 4.53. The standard InChI is InChI=1S/C28H27O4P/c1-29-20-15-16-24(30-2)23(19-20)27-25(31-3)17-18-26(32-4)28(27)33(21-11-7-5-8-12-21)22-13-9-6-10-14-22/h5-19H,1-4H3. The van der Waals surface area contributed by atoms with Crippen LogP contribution in [0.25, 0.3) is 11.1 Å². The summed E-state index contributed by atoms with van der Waals surface area (Å²) in [5.41, 5.74) is 1.83. The van der Waals surface area contributed by atoms with Gasteiger partial charge >= 0.3 is 0 Å². The van der Waals surface area contributed by atoms with E-state index in [1.54, 1.807) is 28.4 Å². The predicted octanol–water partition coefficient (Wildman–Crippen LogP) is 5.15. The Labute approximate surface area is 196 Å². The van der Waals surface area contributed by atoms with Crippen molar-refractivity contribution in [3.05, 3.63) is 91.0 Å². The predicted molar refractivity (Wildman–Crippen MR) is 137 cm³/mol. The first-order valence-corrected chi connectivity index (χ1v) is 11.9. The van der Waals surface area contributed by atoms with Crippen molar-refractivity contribution >= 4 is 23.8 Å². The first-order valence-electron chi connectivity index (χ1n) is 10.6. The number of ether oxygens (including phenoxy) is 4. The molecule has 0 spiro atoms. The van der Waals surface area contributed by atoms with Gasteiger partial charge in [0.25, 0.3) is 0 Å². The molecule has 4 rings (SSSR count). The molecule has 0 aromatic heterocycles. The van der Waals surface area contributed by atoms with E-state index in [0.29, 0.717) is 0 Å². The molecule has 4 aromatic carbocycles. The molecule has 0 saturated carbocycles. The van der Waals surface area contributed by atoms with E-state index in [9.17, 15) is 0 Å². The van der Waals surface area contributed by atoms with Crippen LogP contribution in [0.4, 0.5) is 0 Å². The smallest absolute Gasteiger partial charge is 0.128 e. The van der Waals surface area contributed by atoms with Crippen molar-refractivity contribution in [1.29, 1.82) is 0 Å². The number of rotatable bonds is 8. The van der Waals surface area contributed by atoms with E-state index in [0.717, 1.165) is 39.4 Å². The van der Waals surface area contributed by atoms with Gasteiger partial charge in [0, 0.05) is 16.4 Å². The Bertz CT molecular complexity index is 1170. The number of benzene rings is 4. The number of hydrogen-bond donors (Lipinski definition) is 0. The summed E-state index contributed by atoms with van der Waals surface area (Å²) in [6, 6.07) is 30.8. The molecule has 0 heterocycles. The Balaban J connectivity index is 2.12. The van der Waals surface area contributed by atoms with Crippen LogP contribution in [-0.4, -0.2) is 28.4 Å². The fourth-order valence-electron chi connectivity index (χ4n) is 3.94. The molecule has 0 aliphatic rings. The molecule has 0 amide bonds. The quantitative estimate of drug-likeness (QED) is 0.343. The Kier molecular flexibility index (Phi) is 7.16. The van der Waals surface area contributed by atoms with Crippen molar-refractivity contribution in [3.63, 3.8) is 0 Å². The van der Waals surface area contributed by atoms with Crippen LogP contribution in [0.3, 0.4) is 0 Å². The lowest BCUT2D eigenvalue weighted by Crippen LogP contribution is -2.24. The van der Waals surface area contributed by atoms with Gasteiger partial charge in [0.05, 0.1) is 28.4 Å². The highest BCUT2D eigenvalue weighted by atomic mass is 31.1. The van der Waals surface area contributed by atoms with Crippen molar-refractivity contribution in [1.82, 2.24) is 0 Å². The van der Waals surface area contributed by atoms with E-state index in [2.05, 4.69) is 48.5 Å². The molecular weight excluding hydrogens is 431 g/mol. The largest absolute Gasteiger partial charge is 0.497 e. The van der Waals surface area contributed by atoms with Crippen LogP contribution in [0, 0.1) is 0 Å². The van der Waals surface area contributed by atoms with Gasteiger partial charge in [0.2, 0.25) is 0 Å². The minimum Gasteiger partial charge on any atom is -0.497 e. The van der Waals surface area contributed by atoms with Crippen LogP contribution in [0.15, 0.2) is 91.0 Å². The van der Waals surface area contributed by atoms with Gasteiger partial charge < -0.3 is 18.9 Å². The van der Waals surface area contributed by atoms with Crippen LogP contribution < -0.4 is 34.9 Å². The third-order valence-electron chi connectivity index (χ3n) is 5.47. The first-order chi connectivity index (χ1) is 16.2. The highest BCUT2D eigenvalue weighted by molar-refractivity contribution is 7.80. The molecule has 0 unspecified atom stereocenters. The molecule has 4 aromatic rings. The molecule has 0 atom stereocenters. The molecule has 0 aliphatic carbocycles. The Morgan fingerprint density at radius 2 is 1.03 bits per heavy atom. The lowest BCUT2D eigenvalue weighted by atomic mass is 10.0. The second-order valence-corrected chi connectivity index (χ2v) is 9.42. The molecule has 33 heavy (non-hydrogen) atoms. The fraction of sp³-hybridized carbons (Fsp3) is 0.143. The summed E-state index contributed by atoms with van der Waals surface area (Å²) >= 11 is 0. The van der Waals surface area contributed by atoms with Crippen LogP contribution in [0.5, 0.6) is 23.0 Å². The highest BCUT2D eigenvalue weighted by Crippen LogP contribution is 2.47. The maximum atomic E-state index is 5.95. The Morgan fingerprint density at radius 1 is 0.515 bits per heavy atom. The second kappa shape index (κ2) is 10.4. The van der Waals surface area contributed by atoms with E-state index < -0.39 is 7.92 Å². The average Bonchev–Trinajstić information content (AvgIpc) is 2.89. The Hall–Kier alpha value is -3.49.